The van der Waals surface area contributed by atoms with Crippen LogP contribution in [-0.2, 0) is 10.3 Å². The van der Waals surface area contributed by atoms with Gasteiger partial charge < -0.3 is 5.32 Å². The third-order valence-corrected chi connectivity index (χ3v) is 3.87. The van der Waals surface area contributed by atoms with Gasteiger partial charge >= 0.3 is 0 Å². The highest BCUT2D eigenvalue weighted by Gasteiger charge is 2.25. The maximum Gasteiger partial charge on any atom is 0.250 e. The zero-order valence-electron chi connectivity index (χ0n) is 14.7. The molecule has 2 heterocycles. The first-order chi connectivity index (χ1) is 11.9. The number of hydrogen-bond donors (Lipinski definition) is 1. The number of aromatic nitrogens is 6. The van der Waals surface area contributed by atoms with E-state index in [1.54, 1.807) is 13.1 Å². The summed E-state index contributed by atoms with van der Waals surface area (Å²) in [5.74, 6) is 0.444. The Kier molecular flexibility index (Phi) is 4.35. The second-order valence-corrected chi connectivity index (χ2v) is 6.81. The van der Waals surface area contributed by atoms with Crippen molar-refractivity contribution in [2.24, 2.45) is 0 Å². The molecule has 1 aromatic carbocycles. The first-order valence-corrected chi connectivity index (χ1v) is 8.05. The normalized spacial score (nSPS) is 12.8. The molecule has 0 fully saturated rings. The largest absolute Gasteiger partial charge is 0.308 e. The molecule has 25 heavy (non-hydrogen) atoms. The summed E-state index contributed by atoms with van der Waals surface area (Å²) < 4.78 is 3.23. The van der Waals surface area contributed by atoms with Crippen molar-refractivity contribution in [3.63, 3.8) is 0 Å². The number of carbonyl (C=O) groups excluding carboxylic acids is 1. The number of carbonyl (C=O) groups is 1. The Morgan fingerprint density at radius 2 is 1.92 bits per heavy atom. The van der Waals surface area contributed by atoms with E-state index in [0.717, 1.165) is 11.1 Å². The summed E-state index contributed by atoms with van der Waals surface area (Å²) in [4.78, 5) is 12.7. The second kappa shape index (κ2) is 6.46. The molecule has 0 aliphatic carbocycles. The fraction of sp³-hybridized carbons (Fsp3) is 0.353. The smallest absolute Gasteiger partial charge is 0.250 e. The van der Waals surface area contributed by atoms with Crippen molar-refractivity contribution in [1.82, 2.24) is 30.0 Å². The number of rotatable bonds is 4. The maximum atomic E-state index is 12.7. The average molecular weight is 339 g/mol. The van der Waals surface area contributed by atoms with Gasteiger partial charge in [0.2, 0.25) is 5.91 Å². The molecule has 1 N–H and O–H groups in total. The molecule has 0 bridgehead atoms. The van der Waals surface area contributed by atoms with Crippen molar-refractivity contribution < 1.29 is 4.79 Å². The van der Waals surface area contributed by atoms with Crippen molar-refractivity contribution in [1.29, 1.82) is 0 Å². The van der Waals surface area contributed by atoms with Crippen LogP contribution >= 0.6 is 0 Å². The van der Waals surface area contributed by atoms with Gasteiger partial charge in [0, 0.05) is 5.56 Å². The molecule has 130 valence electrons. The van der Waals surface area contributed by atoms with Gasteiger partial charge in [-0.05, 0) is 43.7 Å². The first kappa shape index (κ1) is 16.8. The van der Waals surface area contributed by atoms with Crippen molar-refractivity contribution in [3.8, 4) is 11.1 Å². The van der Waals surface area contributed by atoms with Gasteiger partial charge in [-0.1, -0.05) is 30.3 Å². The zero-order chi connectivity index (χ0) is 18.0. The Morgan fingerprint density at radius 1 is 1.20 bits per heavy atom. The minimum atomic E-state index is -0.540. The fourth-order valence-corrected chi connectivity index (χ4v) is 2.49. The summed E-state index contributed by atoms with van der Waals surface area (Å²) >= 11 is 0. The molecule has 3 rings (SSSR count). The van der Waals surface area contributed by atoms with Crippen LogP contribution in [0.2, 0.25) is 0 Å². The Hall–Kier alpha value is -3.03. The number of benzene rings is 1. The predicted molar refractivity (Wildman–Crippen MR) is 93.8 cm³/mol. The molecule has 0 unspecified atom stereocenters. The first-order valence-electron chi connectivity index (χ1n) is 8.05. The van der Waals surface area contributed by atoms with Crippen LogP contribution in [0, 0.1) is 0 Å². The molecular weight excluding hydrogens is 318 g/mol. The van der Waals surface area contributed by atoms with E-state index in [0.29, 0.717) is 5.82 Å². The third-order valence-electron chi connectivity index (χ3n) is 3.87. The van der Waals surface area contributed by atoms with E-state index in [4.69, 9.17) is 0 Å². The van der Waals surface area contributed by atoms with Crippen LogP contribution in [0.4, 0.5) is 5.82 Å². The number of amides is 1. The molecule has 0 saturated carbocycles. The Labute approximate surface area is 145 Å². The highest BCUT2D eigenvalue weighted by Crippen LogP contribution is 2.32. The molecular formula is C17H21N7O. The van der Waals surface area contributed by atoms with Crippen molar-refractivity contribution in [2.45, 2.75) is 39.3 Å². The molecule has 1 amide bonds. The quantitative estimate of drug-likeness (QED) is 0.788. The van der Waals surface area contributed by atoms with E-state index in [1.165, 1.54) is 11.0 Å². The van der Waals surface area contributed by atoms with E-state index in [1.807, 2.05) is 55.8 Å². The summed E-state index contributed by atoms with van der Waals surface area (Å²) in [6, 6.07) is 9.31. The molecule has 0 radical (unpaired) electrons. The predicted octanol–water partition coefficient (Wildman–Crippen LogP) is 2.49. The van der Waals surface area contributed by atoms with E-state index in [9.17, 15) is 4.79 Å². The highest BCUT2D eigenvalue weighted by atomic mass is 16.2. The van der Waals surface area contributed by atoms with Crippen molar-refractivity contribution in [2.75, 3.05) is 5.32 Å². The lowest BCUT2D eigenvalue weighted by Gasteiger charge is -2.23. The minimum absolute atomic E-state index is 0.213. The lowest BCUT2D eigenvalue weighted by molar-refractivity contribution is -0.119. The maximum absolute atomic E-state index is 12.7. The van der Waals surface area contributed by atoms with Crippen LogP contribution in [0.1, 0.15) is 33.7 Å². The van der Waals surface area contributed by atoms with Crippen molar-refractivity contribution >= 4 is 11.7 Å². The van der Waals surface area contributed by atoms with Gasteiger partial charge in [-0.3, -0.25) is 4.79 Å². The molecule has 0 aliphatic heterocycles. The SMILES string of the molecule is C[C@@H](C(=O)Nc1c(-c2ccccc2)cnn1C(C)(C)C)n1cnnn1. The molecule has 1 atom stereocenters. The van der Waals surface area contributed by atoms with E-state index >= 15 is 0 Å². The van der Waals surface area contributed by atoms with E-state index in [-0.39, 0.29) is 11.4 Å². The van der Waals surface area contributed by atoms with Gasteiger partial charge in [-0.2, -0.15) is 5.10 Å². The third kappa shape index (κ3) is 3.42. The number of nitrogens with zero attached hydrogens (tertiary/aromatic N) is 6. The Balaban J connectivity index is 1.98. The van der Waals surface area contributed by atoms with Gasteiger partial charge in [0.15, 0.2) is 0 Å². The molecule has 2 aromatic heterocycles. The molecule has 3 aromatic rings. The summed E-state index contributed by atoms with van der Waals surface area (Å²) in [5.41, 5.74) is 1.57. The average Bonchev–Trinajstić information content (AvgIpc) is 3.24. The lowest BCUT2D eigenvalue weighted by atomic mass is 10.1. The van der Waals surface area contributed by atoms with Gasteiger partial charge in [0.25, 0.3) is 0 Å². The molecule has 0 aliphatic rings. The van der Waals surface area contributed by atoms with Crippen LogP contribution in [0.3, 0.4) is 0 Å². The van der Waals surface area contributed by atoms with E-state index in [2.05, 4.69) is 25.9 Å². The van der Waals surface area contributed by atoms with Crippen LogP contribution in [0.25, 0.3) is 11.1 Å². The summed E-state index contributed by atoms with van der Waals surface area (Å²) in [6.07, 6.45) is 3.20. The van der Waals surface area contributed by atoms with Crippen LogP contribution < -0.4 is 5.32 Å². The number of tetrazole rings is 1. The van der Waals surface area contributed by atoms with Crippen molar-refractivity contribution in [3.05, 3.63) is 42.9 Å². The topological polar surface area (TPSA) is 90.5 Å². The lowest BCUT2D eigenvalue weighted by Crippen LogP contribution is -2.30. The number of hydrogen-bond acceptors (Lipinski definition) is 5. The molecule has 8 nitrogen and oxygen atoms in total. The van der Waals surface area contributed by atoms with Gasteiger partial charge in [-0.15, -0.1) is 5.10 Å². The summed E-state index contributed by atoms with van der Waals surface area (Å²) in [6.45, 7) is 7.85. The van der Waals surface area contributed by atoms with Gasteiger partial charge in [0.05, 0.1) is 11.7 Å². The van der Waals surface area contributed by atoms with E-state index < -0.39 is 6.04 Å². The zero-order valence-corrected chi connectivity index (χ0v) is 14.7. The highest BCUT2D eigenvalue weighted by molar-refractivity contribution is 5.96. The monoisotopic (exact) mass is 339 g/mol. The number of nitrogens with one attached hydrogen (secondary N) is 1. The number of anilines is 1. The van der Waals surface area contributed by atoms with Gasteiger partial charge in [0.1, 0.15) is 18.2 Å². The van der Waals surface area contributed by atoms with Gasteiger partial charge in [-0.25, -0.2) is 9.36 Å². The van der Waals surface area contributed by atoms with Crippen LogP contribution in [0.5, 0.6) is 0 Å². The Bertz CT molecular complexity index is 847. The Morgan fingerprint density at radius 3 is 2.52 bits per heavy atom. The standard InChI is InChI=1S/C17H21N7O/c1-12(23-11-18-21-22-23)16(25)20-15-14(13-8-6-5-7-9-13)10-19-24(15)17(2,3)4/h5-12H,1-4H3,(H,20,25)/t12-/m0/s1. The molecule has 0 saturated heterocycles. The fourth-order valence-electron chi connectivity index (χ4n) is 2.49. The molecule has 8 heteroatoms. The second-order valence-electron chi connectivity index (χ2n) is 6.81. The van der Waals surface area contributed by atoms with Crippen LogP contribution in [0.15, 0.2) is 42.9 Å². The van der Waals surface area contributed by atoms with Crippen LogP contribution in [-0.4, -0.2) is 35.9 Å². The summed E-state index contributed by atoms with van der Waals surface area (Å²) in [5, 5.41) is 18.4. The summed E-state index contributed by atoms with van der Waals surface area (Å²) in [7, 11) is 0. The molecule has 0 spiro atoms. The minimum Gasteiger partial charge on any atom is -0.308 e.